The molecule has 0 aliphatic heterocycles. The third-order valence-electron chi connectivity index (χ3n) is 2.33. The first-order valence-electron chi connectivity index (χ1n) is 4.74. The van der Waals surface area contributed by atoms with Crippen molar-refractivity contribution in [2.45, 2.75) is 6.92 Å². The Hall–Kier alpha value is -0.160. The van der Waals surface area contributed by atoms with Gasteiger partial charge in [-0.25, -0.2) is 0 Å². The summed E-state index contributed by atoms with van der Waals surface area (Å²) in [5.41, 5.74) is 1.45. The zero-order chi connectivity index (χ0) is 12.6. The number of rotatable bonds is 2. The molecule has 0 radical (unpaired) electrons. The summed E-state index contributed by atoms with van der Waals surface area (Å²) < 4.78 is 1.67. The van der Waals surface area contributed by atoms with E-state index in [1.807, 2.05) is 24.4 Å². The first-order valence-corrected chi connectivity index (χ1v) is 7.59. The Morgan fingerprint density at radius 3 is 2.65 bits per heavy atom. The van der Waals surface area contributed by atoms with E-state index in [1.54, 1.807) is 6.07 Å². The van der Waals surface area contributed by atoms with Crippen molar-refractivity contribution in [3.63, 3.8) is 0 Å². The standard InChI is InChI=1S/C12H7Br2ClOS/c1-6-3-2-4-7(10(6)15)11(16)12-9(14)8(13)5-17-12/h2-5H,1H3. The van der Waals surface area contributed by atoms with Crippen LogP contribution in [-0.4, -0.2) is 5.78 Å². The van der Waals surface area contributed by atoms with Gasteiger partial charge in [0.2, 0.25) is 5.78 Å². The van der Waals surface area contributed by atoms with Crippen LogP contribution in [0.5, 0.6) is 0 Å². The lowest BCUT2D eigenvalue weighted by Crippen LogP contribution is -2.01. The van der Waals surface area contributed by atoms with E-state index in [4.69, 9.17) is 11.6 Å². The van der Waals surface area contributed by atoms with Gasteiger partial charge < -0.3 is 0 Å². The second-order valence-electron chi connectivity index (χ2n) is 3.49. The minimum atomic E-state index is -0.0544. The number of thiophene rings is 1. The number of ketones is 1. The molecule has 0 fully saturated rings. The maximum absolute atomic E-state index is 12.3. The lowest BCUT2D eigenvalue weighted by Gasteiger charge is -2.04. The molecule has 0 aliphatic carbocycles. The molecule has 5 heteroatoms. The molecule has 0 N–H and O–H groups in total. The number of carbonyl (C=O) groups is 1. The number of carbonyl (C=O) groups excluding carboxylic acids is 1. The van der Waals surface area contributed by atoms with Crippen LogP contribution < -0.4 is 0 Å². The van der Waals surface area contributed by atoms with Crippen LogP contribution in [0.15, 0.2) is 32.5 Å². The molecule has 2 rings (SSSR count). The van der Waals surface area contributed by atoms with Gasteiger partial charge in [-0.15, -0.1) is 11.3 Å². The molecule has 0 bridgehead atoms. The summed E-state index contributed by atoms with van der Waals surface area (Å²) in [5.74, 6) is -0.0544. The maximum atomic E-state index is 12.3. The molecule has 17 heavy (non-hydrogen) atoms. The van der Waals surface area contributed by atoms with Gasteiger partial charge in [-0.2, -0.15) is 0 Å². The normalized spacial score (nSPS) is 10.6. The SMILES string of the molecule is Cc1cccc(C(=O)c2scc(Br)c2Br)c1Cl. The Balaban J connectivity index is 2.51. The van der Waals surface area contributed by atoms with Crippen LogP contribution in [0.4, 0.5) is 0 Å². The number of hydrogen-bond acceptors (Lipinski definition) is 2. The Bertz CT molecular complexity index is 592. The largest absolute Gasteiger partial charge is 0.288 e. The van der Waals surface area contributed by atoms with Crippen LogP contribution in [0.25, 0.3) is 0 Å². The summed E-state index contributed by atoms with van der Waals surface area (Å²) in [6, 6.07) is 5.47. The minimum absolute atomic E-state index is 0.0544. The molecule has 0 unspecified atom stereocenters. The summed E-state index contributed by atoms with van der Waals surface area (Å²) in [4.78, 5) is 13.0. The molecule has 1 aromatic heterocycles. The molecule has 0 aliphatic rings. The van der Waals surface area contributed by atoms with Crippen molar-refractivity contribution in [1.82, 2.24) is 0 Å². The molecule has 1 nitrogen and oxygen atoms in total. The monoisotopic (exact) mass is 392 g/mol. The van der Waals surface area contributed by atoms with E-state index < -0.39 is 0 Å². The van der Waals surface area contributed by atoms with E-state index in [9.17, 15) is 4.79 Å². The van der Waals surface area contributed by atoms with Crippen molar-refractivity contribution in [3.05, 3.63) is 53.6 Å². The van der Waals surface area contributed by atoms with Gasteiger partial charge in [0.15, 0.2) is 0 Å². The van der Waals surface area contributed by atoms with E-state index in [0.29, 0.717) is 15.5 Å². The van der Waals surface area contributed by atoms with Gasteiger partial charge in [0.1, 0.15) is 0 Å². The van der Waals surface area contributed by atoms with Crippen LogP contribution in [0.1, 0.15) is 20.8 Å². The number of aryl methyl sites for hydroxylation is 1. The molecule has 2 aromatic rings. The lowest BCUT2D eigenvalue weighted by molar-refractivity contribution is 0.104. The molecule has 1 heterocycles. The average molecular weight is 395 g/mol. The van der Waals surface area contributed by atoms with Crippen LogP contribution in [0.3, 0.4) is 0 Å². The van der Waals surface area contributed by atoms with Crippen LogP contribution in [0, 0.1) is 6.92 Å². The number of halogens is 3. The predicted molar refractivity (Wildman–Crippen MR) is 79.3 cm³/mol. The van der Waals surface area contributed by atoms with Crippen molar-refractivity contribution < 1.29 is 4.79 Å². The zero-order valence-electron chi connectivity index (χ0n) is 8.76. The number of hydrogen-bond donors (Lipinski definition) is 0. The molecule has 0 spiro atoms. The van der Waals surface area contributed by atoms with E-state index >= 15 is 0 Å². The predicted octanol–water partition coefficient (Wildman–Crippen LogP) is 5.47. The molecular weight excluding hydrogens is 387 g/mol. The van der Waals surface area contributed by atoms with Gasteiger partial charge in [0, 0.05) is 15.4 Å². The molecular formula is C12H7Br2ClOS. The van der Waals surface area contributed by atoms with Gasteiger partial charge >= 0.3 is 0 Å². The number of benzene rings is 1. The summed E-state index contributed by atoms with van der Waals surface area (Å²) in [5, 5.41) is 2.40. The zero-order valence-corrected chi connectivity index (χ0v) is 13.5. The molecule has 1 aromatic carbocycles. The molecule has 0 atom stereocenters. The fourth-order valence-corrected chi connectivity index (χ4v) is 3.74. The topological polar surface area (TPSA) is 17.1 Å². The highest BCUT2D eigenvalue weighted by molar-refractivity contribution is 9.13. The van der Waals surface area contributed by atoms with Crippen molar-refractivity contribution in [3.8, 4) is 0 Å². The van der Waals surface area contributed by atoms with Crippen molar-refractivity contribution in [1.29, 1.82) is 0 Å². The Kier molecular flexibility index (Phi) is 4.08. The van der Waals surface area contributed by atoms with E-state index in [1.165, 1.54) is 11.3 Å². The fourth-order valence-electron chi connectivity index (χ4n) is 1.42. The maximum Gasteiger partial charge on any atom is 0.205 e. The van der Waals surface area contributed by atoms with Crippen molar-refractivity contribution in [2.24, 2.45) is 0 Å². The van der Waals surface area contributed by atoms with E-state index in [0.717, 1.165) is 14.5 Å². The molecule has 0 amide bonds. The van der Waals surface area contributed by atoms with Crippen molar-refractivity contribution >= 4 is 60.6 Å². The quantitative estimate of drug-likeness (QED) is 0.618. The second-order valence-corrected chi connectivity index (χ2v) is 6.40. The van der Waals surface area contributed by atoms with Crippen LogP contribution >= 0.6 is 54.8 Å². The highest BCUT2D eigenvalue weighted by Crippen LogP contribution is 2.35. The van der Waals surface area contributed by atoms with Gasteiger partial charge in [0.05, 0.1) is 14.4 Å². The molecule has 0 saturated carbocycles. The van der Waals surface area contributed by atoms with Gasteiger partial charge in [-0.1, -0.05) is 23.7 Å². The van der Waals surface area contributed by atoms with Gasteiger partial charge in [0.25, 0.3) is 0 Å². The Labute approximate surface area is 125 Å². The average Bonchev–Trinajstić information content (AvgIpc) is 2.63. The highest BCUT2D eigenvalue weighted by Gasteiger charge is 2.19. The summed E-state index contributed by atoms with van der Waals surface area (Å²) >= 11 is 14.3. The minimum Gasteiger partial charge on any atom is -0.288 e. The van der Waals surface area contributed by atoms with Crippen LogP contribution in [-0.2, 0) is 0 Å². The summed E-state index contributed by atoms with van der Waals surface area (Å²) in [6.45, 7) is 1.89. The third kappa shape index (κ3) is 2.50. The van der Waals surface area contributed by atoms with E-state index in [2.05, 4.69) is 31.9 Å². The smallest absolute Gasteiger partial charge is 0.205 e. The lowest BCUT2D eigenvalue weighted by atomic mass is 10.1. The van der Waals surface area contributed by atoms with E-state index in [-0.39, 0.29) is 5.78 Å². The summed E-state index contributed by atoms with van der Waals surface area (Å²) in [6.07, 6.45) is 0. The first kappa shape index (κ1) is 13.3. The fraction of sp³-hybridized carbons (Fsp3) is 0.0833. The van der Waals surface area contributed by atoms with Gasteiger partial charge in [-0.3, -0.25) is 4.79 Å². The summed E-state index contributed by atoms with van der Waals surface area (Å²) in [7, 11) is 0. The Morgan fingerprint density at radius 1 is 1.35 bits per heavy atom. The molecule has 88 valence electrons. The second kappa shape index (κ2) is 5.22. The highest BCUT2D eigenvalue weighted by atomic mass is 79.9. The van der Waals surface area contributed by atoms with Gasteiger partial charge in [-0.05, 0) is 50.4 Å². The Morgan fingerprint density at radius 2 is 2.06 bits per heavy atom. The first-order chi connectivity index (χ1) is 8.02. The van der Waals surface area contributed by atoms with Crippen LogP contribution in [0.2, 0.25) is 5.02 Å². The third-order valence-corrected chi connectivity index (χ3v) is 6.36. The van der Waals surface area contributed by atoms with Crippen molar-refractivity contribution in [2.75, 3.05) is 0 Å². The molecule has 0 saturated heterocycles.